The van der Waals surface area contributed by atoms with E-state index in [4.69, 9.17) is 4.42 Å². The van der Waals surface area contributed by atoms with Crippen molar-refractivity contribution in [3.8, 4) is 10.6 Å². The van der Waals surface area contributed by atoms with E-state index in [0.29, 0.717) is 21.3 Å². The summed E-state index contributed by atoms with van der Waals surface area (Å²) < 4.78 is 5.40. The van der Waals surface area contributed by atoms with Gasteiger partial charge in [0.25, 0.3) is 0 Å². The molecule has 2 aromatic heterocycles. The fraction of sp³-hybridized carbons (Fsp3) is 0. The Labute approximate surface area is 157 Å². The van der Waals surface area contributed by atoms with E-state index >= 15 is 0 Å². The molecule has 5 aromatic rings. The number of rotatable bonds is 3. The van der Waals surface area contributed by atoms with Gasteiger partial charge in [0.2, 0.25) is 5.13 Å². The lowest BCUT2D eigenvalue weighted by molar-refractivity contribution is 0.563. The van der Waals surface area contributed by atoms with Gasteiger partial charge in [0, 0.05) is 16.5 Å². The summed E-state index contributed by atoms with van der Waals surface area (Å²) in [7, 11) is 0. The average molecular weight is 371 g/mol. The van der Waals surface area contributed by atoms with Gasteiger partial charge in [-0.3, -0.25) is 0 Å². The molecule has 0 aliphatic carbocycles. The monoisotopic (exact) mass is 371 g/mol. The molecule has 5 rings (SSSR count). The maximum Gasteiger partial charge on any atom is 0.346 e. The molecule has 2 heterocycles. The molecule has 130 valence electrons. The van der Waals surface area contributed by atoms with E-state index in [1.165, 1.54) is 11.3 Å². The molecule has 0 saturated carbocycles. The molecule has 5 nitrogen and oxygen atoms in total. The highest BCUT2D eigenvalue weighted by atomic mass is 32.1. The number of para-hydroxylation sites is 1. The van der Waals surface area contributed by atoms with Crippen LogP contribution in [0.25, 0.3) is 32.3 Å². The highest BCUT2D eigenvalue weighted by molar-refractivity contribution is 7.18. The smallest absolute Gasteiger partial charge is 0.346 e. The summed E-state index contributed by atoms with van der Waals surface area (Å²) in [5.41, 5.74) is 1.50. The van der Waals surface area contributed by atoms with Gasteiger partial charge in [0.1, 0.15) is 5.58 Å². The van der Waals surface area contributed by atoms with Crippen LogP contribution in [-0.4, -0.2) is 10.2 Å². The quantitative estimate of drug-likeness (QED) is 0.441. The third-order valence-electron chi connectivity index (χ3n) is 4.33. The summed E-state index contributed by atoms with van der Waals surface area (Å²) in [6.45, 7) is 0. The summed E-state index contributed by atoms with van der Waals surface area (Å²) in [6.07, 6.45) is 0. The fourth-order valence-corrected chi connectivity index (χ4v) is 3.80. The molecule has 0 atom stereocenters. The number of fused-ring (bicyclic) bond motifs is 2. The molecule has 0 bridgehead atoms. The standard InChI is InChI=1S/C21H13N3O2S/c25-20-16(12-14-7-2-4-11-18(14)26-20)19-23-24-21(27-19)22-17-10-5-8-13-6-1-3-9-15(13)17/h1-12H,(H,22,24). The third-order valence-corrected chi connectivity index (χ3v) is 5.20. The molecule has 1 N–H and O–H groups in total. The largest absolute Gasteiger partial charge is 0.422 e. The molecule has 0 spiro atoms. The summed E-state index contributed by atoms with van der Waals surface area (Å²) in [4.78, 5) is 12.3. The lowest BCUT2D eigenvalue weighted by atomic mass is 10.1. The SMILES string of the molecule is O=c1oc2ccccc2cc1-c1nnc(Nc2cccc3ccccc23)s1. The first-order chi connectivity index (χ1) is 13.3. The van der Waals surface area contributed by atoms with Crippen molar-refractivity contribution in [1.82, 2.24) is 10.2 Å². The Bertz CT molecular complexity index is 1330. The Hall–Kier alpha value is -3.51. The molecule has 0 saturated heterocycles. The van der Waals surface area contributed by atoms with Crippen LogP contribution in [-0.2, 0) is 0 Å². The van der Waals surface area contributed by atoms with E-state index < -0.39 is 5.63 Å². The molecule has 6 heteroatoms. The van der Waals surface area contributed by atoms with Crippen molar-refractivity contribution >= 4 is 43.9 Å². The van der Waals surface area contributed by atoms with Crippen LogP contribution in [0.4, 0.5) is 10.8 Å². The van der Waals surface area contributed by atoms with E-state index in [9.17, 15) is 4.79 Å². The maximum absolute atomic E-state index is 12.3. The molecule has 0 fully saturated rings. The van der Waals surface area contributed by atoms with E-state index in [2.05, 4.69) is 33.7 Å². The number of aromatic nitrogens is 2. The number of hydrogen-bond donors (Lipinski definition) is 1. The predicted molar refractivity (Wildman–Crippen MR) is 109 cm³/mol. The summed E-state index contributed by atoms with van der Waals surface area (Å²) in [5, 5.41) is 15.9. The normalized spacial score (nSPS) is 11.1. The number of anilines is 2. The van der Waals surface area contributed by atoms with Gasteiger partial charge >= 0.3 is 5.63 Å². The molecule has 27 heavy (non-hydrogen) atoms. The average Bonchev–Trinajstić information content (AvgIpc) is 3.16. The molecule has 3 aromatic carbocycles. The van der Waals surface area contributed by atoms with Crippen LogP contribution < -0.4 is 10.9 Å². The van der Waals surface area contributed by atoms with Crippen molar-refractivity contribution < 1.29 is 4.42 Å². The first kappa shape index (κ1) is 15.7. The van der Waals surface area contributed by atoms with Crippen molar-refractivity contribution in [2.24, 2.45) is 0 Å². The van der Waals surface area contributed by atoms with Crippen molar-refractivity contribution in [3.63, 3.8) is 0 Å². The van der Waals surface area contributed by atoms with Gasteiger partial charge in [-0.15, -0.1) is 10.2 Å². The zero-order valence-corrected chi connectivity index (χ0v) is 14.9. The van der Waals surface area contributed by atoms with E-state index in [-0.39, 0.29) is 0 Å². The van der Waals surface area contributed by atoms with E-state index in [1.54, 1.807) is 12.1 Å². The molecular formula is C21H13N3O2S. The second kappa shape index (κ2) is 6.34. The van der Waals surface area contributed by atoms with Crippen LogP contribution in [0.5, 0.6) is 0 Å². The minimum atomic E-state index is -0.415. The first-order valence-corrected chi connectivity index (χ1v) is 9.21. The minimum absolute atomic E-state index is 0.414. The molecule has 0 aliphatic rings. The van der Waals surface area contributed by atoms with Crippen LogP contribution in [0.15, 0.2) is 82.0 Å². The van der Waals surface area contributed by atoms with Crippen molar-refractivity contribution in [2.45, 2.75) is 0 Å². The van der Waals surface area contributed by atoms with Crippen LogP contribution in [0, 0.1) is 0 Å². The zero-order valence-electron chi connectivity index (χ0n) is 14.0. The highest BCUT2D eigenvalue weighted by Crippen LogP contribution is 2.31. The van der Waals surface area contributed by atoms with Crippen LogP contribution in [0.3, 0.4) is 0 Å². The van der Waals surface area contributed by atoms with Gasteiger partial charge < -0.3 is 9.73 Å². The van der Waals surface area contributed by atoms with Gasteiger partial charge in [-0.2, -0.15) is 0 Å². The number of hydrogen-bond acceptors (Lipinski definition) is 6. The number of nitrogens with one attached hydrogen (secondary N) is 1. The predicted octanol–water partition coefficient (Wildman–Crippen LogP) is 5.21. The Morgan fingerprint density at radius 3 is 2.56 bits per heavy atom. The summed E-state index contributed by atoms with van der Waals surface area (Å²) >= 11 is 1.32. The van der Waals surface area contributed by atoms with Crippen molar-refractivity contribution in [1.29, 1.82) is 0 Å². The van der Waals surface area contributed by atoms with Crippen molar-refractivity contribution in [3.05, 3.63) is 83.2 Å². The Kier molecular flexibility index (Phi) is 3.69. The summed E-state index contributed by atoms with van der Waals surface area (Å²) in [5.74, 6) is 0. The lowest BCUT2D eigenvalue weighted by Gasteiger charge is -2.06. The third kappa shape index (κ3) is 2.86. The number of benzene rings is 3. The van der Waals surface area contributed by atoms with Gasteiger partial charge in [-0.05, 0) is 23.6 Å². The molecule has 0 amide bonds. The second-order valence-corrected chi connectivity index (χ2v) is 7.03. The topological polar surface area (TPSA) is 68.0 Å². The maximum atomic E-state index is 12.3. The second-order valence-electron chi connectivity index (χ2n) is 6.05. The zero-order chi connectivity index (χ0) is 18.2. The summed E-state index contributed by atoms with van der Waals surface area (Å²) in [6, 6.07) is 23.4. The van der Waals surface area contributed by atoms with E-state index in [1.807, 2.05) is 42.5 Å². The Morgan fingerprint density at radius 2 is 1.63 bits per heavy atom. The number of nitrogens with zero attached hydrogens (tertiary/aromatic N) is 2. The molecule has 0 aliphatic heterocycles. The Morgan fingerprint density at radius 1 is 0.852 bits per heavy atom. The molecule has 0 radical (unpaired) electrons. The van der Waals surface area contributed by atoms with Gasteiger partial charge in [-0.25, -0.2) is 4.79 Å². The van der Waals surface area contributed by atoms with Gasteiger partial charge in [0.05, 0.1) is 5.56 Å². The van der Waals surface area contributed by atoms with Crippen LogP contribution in [0.1, 0.15) is 0 Å². The molecule has 0 unspecified atom stereocenters. The van der Waals surface area contributed by atoms with Gasteiger partial charge in [-0.1, -0.05) is 65.9 Å². The fourth-order valence-electron chi connectivity index (χ4n) is 3.04. The molecular weight excluding hydrogens is 358 g/mol. The first-order valence-electron chi connectivity index (χ1n) is 8.39. The Balaban J connectivity index is 1.53. The van der Waals surface area contributed by atoms with Crippen molar-refractivity contribution in [2.75, 3.05) is 5.32 Å². The van der Waals surface area contributed by atoms with E-state index in [0.717, 1.165) is 21.8 Å². The lowest BCUT2D eigenvalue weighted by Crippen LogP contribution is -2.02. The van der Waals surface area contributed by atoms with Crippen LogP contribution >= 0.6 is 11.3 Å². The van der Waals surface area contributed by atoms with Crippen LogP contribution in [0.2, 0.25) is 0 Å². The minimum Gasteiger partial charge on any atom is -0.422 e. The van der Waals surface area contributed by atoms with Gasteiger partial charge in [0.15, 0.2) is 5.01 Å². The highest BCUT2D eigenvalue weighted by Gasteiger charge is 2.13.